The van der Waals surface area contributed by atoms with Crippen molar-refractivity contribution in [2.24, 2.45) is 5.73 Å². The molecule has 1 unspecified atom stereocenters. The molecule has 69 valence electrons. The van der Waals surface area contributed by atoms with E-state index in [9.17, 15) is 4.79 Å². The molecule has 1 rings (SSSR count). The number of rotatable bonds is 3. The van der Waals surface area contributed by atoms with Gasteiger partial charge < -0.3 is 5.73 Å². The van der Waals surface area contributed by atoms with Crippen molar-refractivity contribution in [2.45, 2.75) is 11.8 Å². The quantitative estimate of drug-likeness (QED) is 0.741. The van der Waals surface area contributed by atoms with Crippen LogP contribution in [0.15, 0.2) is 24.3 Å². The highest BCUT2D eigenvalue weighted by atomic mass is 35.5. The third-order valence-electron chi connectivity index (χ3n) is 1.81. The third-order valence-corrected chi connectivity index (χ3v) is 2.28. The summed E-state index contributed by atoms with van der Waals surface area (Å²) in [5.41, 5.74) is 6.54. The fourth-order valence-electron chi connectivity index (χ4n) is 1.02. The van der Waals surface area contributed by atoms with Crippen molar-refractivity contribution in [1.29, 1.82) is 0 Å². The van der Waals surface area contributed by atoms with Crippen molar-refractivity contribution in [3.8, 4) is 0 Å². The lowest BCUT2D eigenvalue weighted by molar-refractivity contribution is 0.100. The predicted octanol–water partition coefficient (Wildman–Crippen LogP) is 2.29. The Labute approximate surface area is 82.7 Å². The molecule has 0 aliphatic carbocycles. The molecule has 0 aromatic heterocycles. The molecule has 3 heteroatoms. The van der Waals surface area contributed by atoms with E-state index in [0.717, 1.165) is 5.56 Å². The molecule has 13 heavy (non-hydrogen) atoms. The molecule has 1 aromatic carbocycles. The van der Waals surface area contributed by atoms with E-state index < -0.39 is 5.91 Å². The van der Waals surface area contributed by atoms with Gasteiger partial charge in [0.1, 0.15) is 0 Å². The maximum Gasteiger partial charge on any atom is 0.248 e. The number of primary amides is 1. The highest BCUT2D eigenvalue weighted by molar-refractivity contribution is 6.20. The molecule has 1 radical (unpaired) electrons. The van der Waals surface area contributed by atoms with E-state index in [1.807, 2.05) is 0 Å². The Morgan fingerprint density at radius 2 is 2.00 bits per heavy atom. The van der Waals surface area contributed by atoms with Gasteiger partial charge in [-0.25, -0.2) is 0 Å². The standard InChI is InChI=1S/C10H11ClNO/c1-2-9(11)7-3-5-8(6-4-7)10(12)13/h3-6,9H,1-2H2,(H2,12,13). The number of alkyl halides is 1. The highest BCUT2D eigenvalue weighted by Crippen LogP contribution is 2.23. The Morgan fingerprint density at radius 3 is 2.38 bits per heavy atom. The van der Waals surface area contributed by atoms with Gasteiger partial charge in [0.2, 0.25) is 5.91 Å². The van der Waals surface area contributed by atoms with Crippen LogP contribution >= 0.6 is 11.6 Å². The molecule has 0 aliphatic rings. The maximum atomic E-state index is 10.7. The number of benzene rings is 1. The smallest absolute Gasteiger partial charge is 0.248 e. The SMILES string of the molecule is [CH2]CC(Cl)c1ccc(C(N)=O)cc1. The fraction of sp³-hybridized carbons (Fsp3) is 0.200. The second kappa shape index (κ2) is 4.28. The minimum absolute atomic E-state index is 0.0954. The summed E-state index contributed by atoms with van der Waals surface area (Å²) in [6.45, 7) is 3.70. The first-order valence-electron chi connectivity index (χ1n) is 3.98. The molecule has 0 fully saturated rings. The normalized spacial score (nSPS) is 12.5. The van der Waals surface area contributed by atoms with Crippen LogP contribution in [0.5, 0.6) is 0 Å². The first-order chi connectivity index (χ1) is 6.15. The van der Waals surface area contributed by atoms with Crippen LogP contribution in [-0.4, -0.2) is 5.91 Å². The second-order valence-corrected chi connectivity index (χ2v) is 3.27. The molecule has 2 nitrogen and oxygen atoms in total. The lowest BCUT2D eigenvalue weighted by atomic mass is 10.1. The summed E-state index contributed by atoms with van der Waals surface area (Å²) in [5, 5.41) is -0.0954. The first-order valence-corrected chi connectivity index (χ1v) is 4.42. The number of nitrogens with two attached hydrogens (primary N) is 1. The molecule has 0 spiro atoms. The van der Waals surface area contributed by atoms with Gasteiger partial charge in [-0.05, 0) is 24.1 Å². The Kier molecular flexibility index (Phi) is 3.32. The Bertz CT molecular complexity index is 294. The largest absolute Gasteiger partial charge is 0.366 e. The predicted molar refractivity (Wildman–Crippen MR) is 53.5 cm³/mol. The van der Waals surface area contributed by atoms with E-state index in [2.05, 4.69) is 6.92 Å². The van der Waals surface area contributed by atoms with Gasteiger partial charge in [-0.1, -0.05) is 19.1 Å². The molecule has 0 bridgehead atoms. The summed E-state index contributed by atoms with van der Waals surface area (Å²) >= 11 is 5.94. The Hall–Kier alpha value is -1.02. The van der Waals surface area contributed by atoms with Crippen molar-refractivity contribution in [3.63, 3.8) is 0 Å². The Balaban J connectivity index is 2.87. The van der Waals surface area contributed by atoms with Crippen molar-refractivity contribution in [1.82, 2.24) is 0 Å². The number of halogens is 1. The van der Waals surface area contributed by atoms with Crippen molar-refractivity contribution >= 4 is 17.5 Å². The zero-order valence-electron chi connectivity index (χ0n) is 7.16. The highest BCUT2D eigenvalue weighted by Gasteiger charge is 2.05. The van der Waals surface area contributed by atoms with Crippen LogP contribution in [0.2, 0.25) is 0 Å². The van der Waals surface area contributed by atoms with Gasteiger partial charge in [-0.15, -0.1) is 11.6 Å². The van der Waals surface area contributed by atoms with Crippen LogP contribution in [0, 0.1) is 6.92 Å². The summed E-state index contributed by atoms with van der Waals surface area (Å²) in [5.74, 6) is -0.424. The van der Waals surface area contributed by atoms with E-state index in [1.54, 1.807) is 24.3 Å². The zero-order valence-corrected chi connectivity index (χ0v) is 7.92. The molecular formula is C10H11ClNO. The topological polar surface area (TPSA) is 43.1 Å². The van der Waals surface area contributed by atoms with E-state index in [4.69, 9.17) is 17.3 Å². The van der Waals surface area contributed by atoms with Crippen molar-refractivity contribution in [3.05, 3.63) is 42.3 Å². The first kappa shape index (κ1) is 10.1. The average molecular weight is 197 g/mol. The number of amides is 1. The lowest BCUT2D eigenvalue weighted by Crippen LogP contribution is -2.10. The van der Waals surface area contributed by atoms with Gasteiger partial charge in [0.05, 0.1) is 5.38 Å². The summed E-state index contributed by atoms with van der Waals surface area (Å²) in [7, 11) is 0. The number of hydrogen-bond donors (Lipinski definition) is 1. The van der Waals surface area contributed by atoms with E-state index >= 15 is 0 Å². The molecule has 0 heterocycles. The molecule has 2 N–H and O–H groups in total. The molecule has 0 aliphatic heterocycles. The van der Waals surface area contributed by atoms with Crippen molar-refractivity contribution in [2.75, 3.05) is 0 Å². The molecule has 0 saturated carbocycles. The van der Waals surface area contributed by atoms with Gasteiger partial charge in [-0.3, -0.25) is 4.79 Å². The third kappa shape index (κ3) is 2.46. The molecule has 1 aromatic rings. The van der Waals surface area contributed by atoms with Crippen LogP contribution in [0.25, 0.3) is 0 Å². The molecule has 0 saturated heterocycles. The number of hydrogen-bond acceptors (Lipinski definition) is 1. The summed E-state index contributed by atoms with van der Waals surface area (Å²) < 4.78 is 0. The van der Waals surface area contributed by atoms with Crippen LogP contribution < -0.4 is 5.73 Å². The van der Waals surface area contributed by atoms with Crippen LogP contribution in [0.1, 0.15) is 27.7 Å². The van der Waals surface area contributed by atoms with Gasteiger partial charge in [-0.2, -0.15) is 0 Å². The van der Waals surface area contributed by atoms with E-state index in [-0.39, 0.29) is 5.38 Å². The van der Waals surface area contributed by atoms with Crippen LogP contribution in [0.4, 0.5) is 0 Å². The van der Waals surface area contributed by atoms with Crippen molar-refractivity contribution < 1.29 is 4.79 Å². The van der Waals surface area contributed by atoms with E-state index in [0.29, 0.717) is 12.0 Å². The van der Waals surface area contributed by atoms with Gasteiger partial charge in [0.25, 0.3) is 0 Å². The average Bonchev–Trinajstić information content (AvgIpc) is 2.17. The van der Waals surface area contributed by atoms with Gasteiger partial charge >= 0.3 is 0 Å². The lowest BCUT2D eigenvalue weighted by Gasteiger charge is -2.06. The van der Waals surface area contributed by atoms with Crippen LogP contribution in [-0.2, 0) is 0 Å². The Morgan fingerprint density at radius 1 is 1.46 bits per heavy atom. The maximum absolute atomic E-state index is 10.7. The van der Waals surface area contributed by atoms with Gasteiger partial charge in [0, 0.05) is 5.56 Å². The minimum atomic E-state index is -0.424. The molecule has 1 amide bonds. The summed E-state index contributed by atoms with van der Waals surface area (Å²) in [4.78, 5) is 10.7. The zero-order chi connectivity index (χ0) is 9.84. The second-order valence-electron chi connectivity index (χ2n) is 2.74. The number of carbonyl (C=O) groups is 1. The van der Waals surface area contributed by atoms with E-state index in [1.165, 1.54) is 0 Å². The fourth-order valence-corrected chi connectivity index (χ4v) is 1.17. The molecule has 1 atom stereocenters. The summed E-state index contributed by atoms with van der Waals surface area (Å²) in [6.07, 6.45) is 0.622. The number of carbonyl (C=O) groups excluding carboxylic acids is 1. The van der Waals surface area contributed by atoms with Gasteiger partial charge in [0.15, 0.2) is 0 Å². The molecular weight excluding hydrogens is 186 g/mol. The van der Waals surface area contributed by atoms with Crippen LogP contribution in [0.3, 0.4) is 0 Å². The monoisotopic (exact) mass is 196 g/mol. The minimum Gasteiger partial charge on any atom is -0.366 e. The summed E-state index contributed by atoms with van der Waals surface area (Å²) in [6, 6.07) is 6.93.